The molecule has 0 fully saturated rings. The third kappa shape index (κ3) is 3.64. The second-order valence-corrected chi connectivity index (χ2v) is 5.37. The van der Waals surface area contributed by atoms with E-state index in [4.69, 9.17) is 11.6 Å². The number of halogens is 2. The highest BCUT2D eigenvalue weighted by Gasteiger charge is 2.20. The summed E-state index contributed by atoms with van der Waals surface area (Å²) in [4.78, 5) is 0. The van der Waals surface area contributed by atoms with Crippen molar-refractivity contribution in [2.75, 3.05) is 11.9 Å². The number of rotatable bonds is 4. The molecular formula is C14H15ClFN3. The number of hydrogen-bond acceptors (Lipinski definition) is 3. The van der Waals surface area contributed by atoms with Crippen LogP contribution in [0, 0.1) is 5.82 Å². The number of hydrogen-bond donors (Lipinski definition) is 1. The maximum atomic E-state index is 12.9. The zero-order chi connectivity index (χ0) is 13.9. The molecule has 0 saturated carbocycles. The fraction of sp³-hybridized carbons (Fsp3) is 0.286. The van der Waals surface area contributed by atoms with Gasteiger partial charge in [0.15, 0.2) is 5.15 Å². The van der Waals surface area contributed by atoms with Gasteiger partial charge in [0.05, 0.1) is 0 Å². The van der Waals surface area contributed by atoms with Gasteiger partial charge in [0, 0.05) is 12.0 Å². The maximum absolute atomic E-state index is 12.9. The minimum atomic E-state index is -0.226. The van der Waals surface area contributed by atoms with E-state index in [-0.39, 0.29) is 11.2 Å². The van der Waals surface area contributed by atoms with Gasteiger partial charge in [-0.2, -0.15) is 0 Å². The summed E-state index contributed by atoms with van der Waals surface area (Å²) in [6.45, 7) is 4.82. The number of nitrogens with zero attached hydrogens (tertiary/aromatic N) is 2. The normalized spacial score (nSPS) is 11.4. The van der Waals surface area contributed by atoms with Crippen LogP contribution in [0.4, 0.5) is 10.2 Å². The highest BCUT2D eigenvalue weighted by Crippen LogP contribution is 2.23. The predicted molar refractivity (Wildman–Crippen MR) is 75.0 cm³/mol. The second-order valence-electron chi connectivity index (χ2n) is 4.99. The quantitative estimate of drug-likeness (QED) is 0.928. The van der Waals surface area contributed by atoms with E-state index in [1.807, 2.05) is 0 Å². The van der Waals surface area contributed by atoms with Crippen molar-refractivity contribution in [2.24, 2.45) is 0 Å². The Morgan fingerprint density at radius 2 is 1.79 bits per heavy atom. The third-order valence-corrected chi connectivity index (χ3v) is 3.17. The maximum Gasteiger partial charge on any atom is 0.151 e. The molecule has 3 nitrogen and oxygen atoms in total. The Kier molecular flexibility index (Phi) is 4.00. The van der Waals surface area contributed by atoms with Crippen LogP contribution in [0.15, 0.2) is 36.4 Å². The third-order valence-electron chi connectivity index (χ3n) is 2.97. The zero-order valence-electron chi connectivity index (χ0n) is 10.8. The molecule has 2 rings (SSSR count). The van der Waals surface area contributed by atoms with Gasteiger partial charge >= 0.3 is 0 Å². The average Bonchev–Trinajstić information content (AvgIpc) is 2.39. The molecule has 100 valence electrons. The van der Waals surface area contributed by atoms with Crippen molar-refractivity contribution in [3.05, 3.63) is 52.9 Å². The summed E-state index contributed by atoms with van der Waals surface area (Å²) < 4.78 is 12.9. The lowest BCUT2D eigenvalue weighted by Gasteiger charge is -2.25. The van der Waals surface area contributed by atoms with Crippen molar-refractivity contribution >= 4 is 17.4 Å². The predicted octanol–water partition coefficient (Wildman–Crippen LogP) is 3.66. The van der Waals surface area contributed by atoms with Gasteiger partial charge in [-0.05, 0) is 29.8 Å². The van der Waals surface area contributed by atoms with E-state index in [9.17, 15) is 4.39 Å². The summed E-state index contributed by atoms with van der Waals surface area (Å²) in [5.41, 5.74) is 0.915. The minimum absolute atomic E-state index is 0.144. The molecule has 0 atom stereocenters. The summed E-state index contributed by atoms with van der Waals surface area (Å²) in [5.74, 6) is 0.440. The van der Waals surface area contributed by atoms with Crippen molar-refractivity contribution in [2.45, 2.75) is 19.3 Å². The van der Waals surface area contributed by atoms with Gasteiger partial charge in [-0.25, -0.2) is 4.39 Å². The van der Waals surface area contributed by atoms with Gasteiger partial charge in [0.1, 0.15) is 11.6 Å². The Morgan fingerprint density at radius 3 is 2.37 bits per heavy atom. The molecule has 0 spiro atoms. The molecule has 0 bridgehead atoms. The Hall–Kier alpha value is -1.68. The summed E-state index contributed by atoms with van der Waals surface area (Å²) >= 11 is 5.68. The van der Waals surface area contributed by atoms with Crippen molar-refractivity contribution in [3.8, 4) is 0 Å². The van der Waals surface area contributed by atoms with E-state index in [0.29, 0.717) is 17.5 Å². The molecular weight excluding hydrogens is 265 g/mol. The summed E-state index contributed by atoms with van der Waals surface area (Å²) in [6.07, 6.45) is 0. The van der Waals surface area contributed by atoms with Gasteiger partial charge in [-0.3, -0.25) is 0 Å². The molecule has 1 N–H and O–H groups in total. The molecule has 0 aliphatic carbocycles. The lowest BCUT2D eigenvalue weighted by Crippen LogP contribution is -2.28. The monoisotopic (exact) mass is 279 g/mol. The van der Waals surface area contributed by atoms with Crippen molar-refractivity contribution in [1.29, 1.82) is 0 Å². The lowest BCUT2D eigenvalue weighted by molar-refractivity contribution is 0.552. The largest absolute Gasteiger partial charge is 0.368 e. The first-order valence-corrected chi connectivity index (χ1v) is 6.34. The molecule has 1 aromatic carbocycles. The average molecular weight is 280 g/mol. The zero-order valence-corrected chi connectivity index (χ0v) is 11.6. The molecule has 0 unspecified atom stereocenters. The number of benzene rings is 1. The van der Waals surface area contributed by atoms with E-state index in [0.717, 1.165) is 5.56 Å². The van der Waals surface area contributed by atoms with Gasteiger partial charge in [-0.15, -0.1) is 10.2 Å². The summed E-state index contributed by atoms with van der Waals surface area (Å²) in [7, 11) is 0. The van der Waals surface area contributed by atoms with Crippen LogP contribution < -0.4 is 5.32 Å². The van der Waals surface area contributed by atoms with Crippen LogP contribution >= 0.6 is 11.6 Å². The first-order valence-electron chi connectivity index (χ1n) is 5.96. The van der Waals surface area contributed by atoms with Crippen molar-refractivity contribution in [1.82, 2.24) is 10.2 Å². The molecule has 19 heavy (non-hydrogen) atoms. The minimum Gasteiger partial charge on any atom is -0.368 e. The van der Waals surface area contributed by atoms with Crippen LogP contribution in [0.1, 0.15) is 19.4 Å². The first-order chi connectivity index (χ1) is 8.97. The van der Waals surface area contributed by atoms with E-state index in [2.05, 4.69) is 29.4 Å². The molecule has 0 radical (unpaired) electrons. The fourth-order valence-corrected chi connectivity index (χ4v) is 1.83. The fourth-order valence-electron chi connectivity index (χ4n) is 1.72. The molecule has 1 aromatic heterocycles. The Morgan fingerprint density at radius 1 is 1.11 bits per heavy atom. The smallest absolute Gasteiger partial charge is 0.151 e. The lowest BCUT2D eigenvalue weighted by atomic mass is 9.84. The number of nitrogens with one attached hydrogen (secondary N) is 1. The van der Waals surface area contributed by atoms with E-state index < -0.39 is 0 Å². The van der Waals surface area contributed by atoms with Gasteiger partial charge in [-0.1, -0.05) is 37.6 Å². The summed E-state index contributed by atoms with van der Waals surface area (Å²) in [5, 5.41) is 11.3. The number of anilines is 1. The highest BCUT2D eigenvalue weighted by molar-refractivity contribution is 6.29. The van der Waals surface area contributed by atoms with E-state index in [1.54, 1.807) is 24.3 Å². The summed E-state index contributed by atoms with van der Waals surface area (Å²) in [6, 6.07) is 9.99. The standard InChI is InChI=1S/C14H15ClFN3/c1-14(2,10-3-5-11(16)6-4-10)9-17-13-8-7-12(15)18-19-13/h3-8H,9H2,1-2H3,(H,17,19). The van der Waals surface area contributed by atoms with E-state index in [1.165, 1.54) is 12.1 Å². The van der Waals surface area contributed by atoms with Gasteiger partial charge < -0.3 is 5.32 Å². The van der Waals surface area contributed by atoms with Crippen LogP contribution in [0.5, 0.6) is 0 Å². The first kappa shape index (κ1) is 13.7. The SMILES string of the molecule is CC(C)(CNc1ccc(Cl)nn1)c1ccc(F)cc1. The molecule has 0 aliphatic rings. The van der Waals surface area contributed by atoms with Crippen molar-refractivity contribution in [3.63, 3.8) is 0 Å². The van der Waals surface area contributed by atoms with Crippen LogP contribution in [0.3, 0.4) is 0 Å². The van der Waals surface area contributed by atoms with Crippen LogP contribution in [-0.4, -0.2) is 16.7 Å². The van der Waals surface area contributed by atoms with Gasteiger partial charge in [0.25, 0.3) is 0 Å². The second kappa shape index (κ2) is 5.53. The van der Waals surface area contributed by atoms with Crippen molar-refractivity contribution < 1.29 is 4.39 Å². The topological polar surface area (TPSA) is 37.8 Å². The number of aromatic nitrogens is 2. The Bertz CT molecular complexity index is 538. The molecule has 0 amide bonds. The highest BCUT2D eigenvalue weighted by atomic mass is 35.5. The van der Waals surface area contributed by atoms with Gasteiger partial charge in [0.2, 0.25) is 0 Å². The Labute approximate surface area is 116 Å². The molecule has 1 heterocycles. The van der Waals surface area contributed by atoms with E-state index >= 15 is 0 Å². The molecule has 0 aliphatic heterocycles. The van der Waals surface area contributed by atoms with Crippen LogP contribution in [0.2, 0.25) is 5.15 Å². The molecule has 0 saturated heterocycles. The molecule has 2 aromatic rings. The van der Waals surface area contributed by atoms with Crippen LogP contribution in [-0.2, 0) is 5.41 Å². The molecule has 5 heteroatoms. The van der Waals surface area contributed by atoms with Crippen LogP contribution in [0.25, 0.3) is 0 Å². The Balaban J connectivity index is 2.04.